The summed E-state index contributed by atoms with van der Waals surface area (Å²) in [5.41, 5.74) is 0.559. The van der Waals surface area contributed by atoms with Gasteiger partial charge in [-0.2, -0.15) is 0 Å². The number of hydrogen-bond donors (Lipinski definition) is 0. The van der Waals surface area contributed by atoms with Gasteiger partial charge in [0.25, 0.3) is 0 Å². The van der Waals surface area contributed by atoms with E-state index in [-0.39, 0.29) is 0 Å². The Morgan fingerprint density at radius 1 is 1.08 bits per heavy atom. The predicted octanol–water partition coefficient (Wildman–Crippen LogP) is 4.89. The lowest BCUT2D eigenvalue weighted by atomic mass is 9.78. The zero-order valence-corrected chi connectivity index (χ0v) is 10.5. The van der Waals surface area contributed by atoms with Crippen LogP contribution in [-0.2, 0) is 0 Å². The van der Waals surface area contributed by atoms with E-state index in [1.165, 1.54) is 25.7 Å². The molecule has 0 aliphatic heterocycles. The molecule has 0 amide bonds. The summed E-state index contributed by atoms with van der Waals surface area (Å²) in [7, 11) is 0. The molecule has 0 radical (unpaired) electrons. The quantitative estimate of drug-likeness (QED) is 0.551. The topological polar surface area (TPSA) is 0 Å². The van der Waals surface area contributed by atoms with Gasteiger partial charge in [-0.1, -0.05) is 48.0 Å². The molecular weight excluding hydrogens is 156 g/mol. The number of hydrogen-bond acceptors (Lipinski definition) is 0. The summed E-state index contributed by atoms with van der Waals surface area (Å²) in [6.45, 7) is 14.2. The molecule has 1 atom stereocenters. The molecule has 0 spiro atoms. The highest BCUT2D eigenvalue weighted by atomic mass is 14.3. The predicted molar refractivity (Wildman–Crippen MR) is 61.9 cm³/mol. The van der Waals surface area contributed by atoms with Crippen molar-refractivity contribution in [3.63, 3.8) is 0 Å². The van der Waals surface area contributed by atoms with Crippen LogP contribution < -0.4 is 0 Å². The van der Waals surface area contributed by atoms with E-state index in [4.69, 9.17) is 0 Å². The lowest BCUT2D eigenvalue weighted by Gasteiger charge is -2.28. The summed E-state index contributed by atoms with van der Waals surface area (Å²) in [6.07, 6.45) is 5.46. The van der Waals surface area contributed by atoms with Gasteiger partial charge in [-0.05, 0) is 36.5 Å². The average Bonchev–Trinajstić information content (AvgIpc) is 1.81. The first kappa shape index (κ1) is 13.0. The largest absolute Gasteiger partial charge is 0.0654 e. The minimum atomic E-state index is 0.559. The van der Waals surface area contributed by atoms with Crippen LogP contribution in [0.4, 0.5) is 0 Å². The van der Waals surface area contributed by atoms with E-state index >= 15 is 0 Å². The van der Waals surface area contributed by atoms with Crippen molar-refractivity contribution in [2.24, 2.45) is 17.3 Å². The maximum atomic E-state index is 2.41. The highest BCUT2D eigenvalue weighted by Crippen LogP contribution is 2.32. The van der Waals surface area contributed by atoms with Gasteiger partial charge in [0.2, 0.25) is 0 Å². The molecule has 80 valence electrons. The molecule has 0 aromatic heterocycles. The van der Waals surface area contributed by atoms with Crippen molar-refractivity contribution < 1.29 is 0 Å². The van der Waals surface area contributed by atoms with E-state index in [2.05, 4.69) is 41.5 Å². The molecule has 13 heavy (non-hydrogen) atoms. The standard InChI is InChI=1S/C13H28/c1-7-8-13(5,6)10-12(4)9-11(2)3/h11-12H,7-10H2,1-6H3. The molecule has 0 rings (SSSR count). The SMILES string of the molecule is CCCC(C)(C)CC(C)CC(C)C. The summed E-state index contributed by atoms with van der Waals surface area (Å²) >= 11 is 0. The van der Waals surface area contributed by atoms with E-state index < -0.39 is 0 Å². The van der Waals surface area contributed by atoms with E-state index in [0.717, 1.165) is 11.8 Å². The first-order chi connectivity index (χ1) is 5.87. The fourth-order valence-electron chi connectivity index (χ4n) is 2.61. The molecule has 0 aliphatic rings. The molecule has 1 unspecified atom stereocenters. The van der Waals surface area contributed by atoms with Crippen LogP contribution in [0.2, 0.25) is 0 Å². The van der Waals surface area contributed by atoms with Crippen LogP contribution in [0.5, 0.6) is 0 Å². The minimum Gasteiger partial charge on any atom is -0.0654 e. The molecule has 0 nitrogen and oxygen atoms in total. The van der Waals surface area contributed by atoms with Crippen LogP contribution >= 0.6 is 0 Å². The Hall–Kier alpha value is 0. The Morgan fingerprint density at radius 3 is 2.00 bits per heavy atom. The summed E-state index contributed by atoms with van der Waals surface area (Å²) < 4.78 is 0. The second-order valence-corrected chi connectivity index (χ2v) is 5.85. The fraction of sp³-hybridized carbons (Fsp3) is 1.00. The van der Waals surface area contributed by atoms with Gasteiger partial charge in [0, 0.05) is 0 Å². The van der Waals surface area contributed by atoms with Crippen LogP contribution in [0.15, 0.2) is 0 Å². The van der Waals surface area contributed by atoms with Crippen LogP contribution in [0.1, 0.15) is 67.2 Å². The molecule has 0 saturated heterocycles. The summed E-state index contributed by atoms with van der Waals surface area (Å²) in [6, 6.07) is 0. The Bertz CT molecular complexity index is 122. The van der Waals surface area contributed by atoms with Gasteiger partial charge in [0.05, 0.1) is 0 Å². The van der Waals surface area contributed by atoms with Gasteiger partial charge in [-0.25, -0.2) is 0 Å². The Morgan fingerprint density at radius 2 is 1.62 bits per heavy atom. The summed E-state index contributed by atoms with van der Waals surface area (Å²) in [4.78, 5) is 0. The summed E-state index contributed by atoms with van der Waals surface area (Å²) in [5.74, 6) is 1.74. The van der Waals surface area contributed by atoms with Gasteiger partial charge in [0.1, 0.15) is 0 Å². The van der Waals surface area contributed by atoms with Crippen LogP contribution in [0, 0.1) is 17.3 Å². The maximum absolute atomic E-state index is 2.41. The van der Waals surface area contributed by atoms with Gasteiger partial charge in [-0.15, -0.1) is 0 Å². The first-order valence-corrected chi connectivity index (χ1v) is 5.87. The van der Waals surface area contributed by atoms with Crippen LogP contribution in [0.25, 0.3) is 0 Å². The average molecular weight is 184 g/mol. The molecule has 0 heteroatoms. The molecule has 0 fully saturated rings. The third-order valence-electron chi connectivity index (χ3n) is 2.70. The molecule has 0 bridgehead atoms. The summed E-state index contributed by atoms with van der Waals surface area (Å²) in [5, 5.41) is 0. The van der Waals surface area contributed by atoms with E-state index in [1.807, 2.05) is 0 Å². The molecular formula is C13H28. The molecule has 0 aromatic carbocycles. The lowest BCUT2D eigenvalue weighted by molar-refractivity contribution is 0.235. The zero-order chi connectivity index (χ0) is 10.5. The van der Waals surface area contributed by atoms with Gasteiger partial charge < -0.3 is 0 Å². The zero-order valence-electron chi connectivity index (χ0n) is 10.5. The smallest absolute Gasteiger partial charge is 0.0352 e. The number of rotatable bonds is 6. The minimum absolute atomic E-state index is 0.559. The first-order valence-electron chi connectivity index (χ1n) is 5.87. The van der Waals surface area contributed by atoms with Crippen molar-refractivity contribution in [2.45, 2.75) is 67.2 Å². The van der Waals surface area contributed by atoms with Crippen LogP contribution in [-0.4, -0.2) is 0 Å². The normalized spacial score (nSPS) is 15.0. The van der Waals surface area contributed by atoms with Gasteiger partial charge in [-0.3, -0.25) is 0 Å². The lowest BCUT2D eigenvalue weighted by Crippen LogP contribution is -2.16. The Labute approximate surface area is 85.1 Å². The second-order valence-electron chi connectivity index (χ2n) is 5.85. The fourth-order valence-corrected chi connectivity index (χ4v) is 2.61. The van der Waals surface area contributed by atoms with Crippen molar-refractivity contribution in [3.8, 4) is 0 Å². The van der Waals surface area contributed by atoms with E-state index in [9.17, 15) is 0 Å². The van der Waals surface area contributed by atoms with E-state index in [0.29, 0.717) is 5.41 Å². The highest BCUT2D eigenvalue weighted by molar-refractivity contribution is 4.71. The van der Waals surface area contributed by atoms with Crippen molar-refractivity contribution >= 4 is 0 Å². The Kier molecular flexibility index (Phi) is 5.67. The van der Waals surface area contributed by atoms with E-state index in [1.54, 1.807) is 0 Å². The van der Waals surface area contributed by atoms with Crippen molar-refractivity contribution in [2.75, 3.05) is 0 Å². The second kappa shape index (κ2) is 5.67. The molecule has 0 N–H and O–H groups in total. The maximum Gasteiger partial charge on any atom is -0.0352 e. The van der Waals surface area contributed by atoms with Crippen molar-refractivity contribution in [1.82, 2.24) is 0 Å². The van der Waals surface area contributed by atoms with Gasteiger partial charge in [0.15, 0.2) is 0 Å². The monoisotopic (exact) mass is 184 g/mol. The van der Waals surface area contributed by atoms with Crippen molar-refractivity contribution in [3.05, 3.63) is 0 Å². The van der Waals surface area contributed by atoms with Crippen LogP contribution in [0.3, 0.4) is 0 Å². The molecule has 0 saturated carbocycles. The third-order valence-corrected chi connectivity index (χ3v) is 2.70. The molecule has 0 aliphatic carbocycles. The Balaban J connectivity index is 3.81. The highest BCUT2D eigenvalue weighted by Gasteiger charge is 2.20. The third kappa shape index (κ3) is 7.10. The van der Waals surface area contributed by atoms with Gasteiger partial charge >= 0.3 is 0 Å². The van der Waals surface area contributed by atoms with Crippen molar-refractivity contribution in [1.29, 1.82) is 0 Å². The molecule has 0 aromatic rings. The molecule has 0 heterocycles.